The average Bonchev–Trinajstić information content (AvgIpc) is 2.79. The van der Waals surface area contributed by atoms with E-state index in [1.54, 1.807) is 0 Å². The van der Waals surface area contributed by atoms with E-state index in [4.69, 9.17) is 13.3 Å². The Morgan fingerprint density at radius 2 is 1.06 bits per heavy atom. The van der Waals surface area contributed by atoms with E-state index < -0.39 is 8.80 Å². The molecule has 0 amide bonds. The Hall–Kier alpha value is -0.0231. The van der Waals surface area contributed by atoms with Gasteiger partial charge in [-0.15, -0.1) is 0 Å². The van der Waals surface area contributed by atoms with Gasteiger partial charge in [-0.3, -0.25) is 9.80 Å². The molecule has 1 fully saturated rings. The van der Waals surface area contributed by atoms with Crippen molar-refractivity contribution in [3.8, 4) is 0 Å². The lowest BCUT2D eigenvalue weighted by Gasteiger charge is -2.39. The summed E-state index contributed by atoms with van der Waals surface area (Å²) in [5.41, 5.74) is 0. The summed E-state index contributed by atoms with van der Waals surface area (Å²) in [6, 6.07) is 0. The van der Waals surface area contributed by atoms with Crippen LogP contribution in [0.3, 0.4) is 0 Å². The molecule has 0 atom stereocenters. The van der Waals surface area contributed by atoms with Crippen molar-refractivity contribution in [3.05, 3.63) is 0 Å². The number of piperazine rings is 1. The van der Waals surface area contributed by atoms with Gasteiger partial charge in [0.05, 0.1) is 6.17 Å². The number of nitrogens with zero attached hydrogens (tertiary/aromatic N) is 3. The van der Waals surface area contributed by atoms with Crippen molar-refractivity contribution in [2.75, 3.05) is 78.3 Å². The first-order valence-electron chi connectivity index (χ1n) is 13.7. The van der Waals surface area contributed by atoms with Crippen LogP contribution in [0.25, 0.3) is 0 Å². The van der Waals surface area contributed by atoms with Gasteiger partial charge in [-0.1, -0.05) is 52.4 Å². The Balaban J connectivity index is 2.43. The van der Waals surface area contributed by atoms with E-state index >= 15 is 0 Å². The van der Waals surface area contributed by atoms with E-state index in [0.717, 1.165) is 32.3 Å². The van der Waals surface area contributed by atoms with Crippen molar-refractivity contribution in [2.24, 2.45) is 0 Å². The summed E-state index contributed by atoms with van der Waals surface area (Å²) >= 11 is 0. The Labute approximate surface area is 201 Å². The maximum Gasteiger partial charge on any atom is 0.515 e. The first-order valence-corrected chi connectivity index (χ1v) is 15.6. The normalized spacial score (nSPS) is 16.3. The zero-order valence-corrected chi connectivity index (χ0v) is 23.2. The van der Waals surface area contributed by atoms with Crippen LogP contribution in [0.5, 0.6) is 0 Å². The van der Waals surface area contributed by atoms with Gasteiger partial charge in [-0.2, -0.15) is 0 Å². The van der Waals surface area contributed by atoms with Crippen LogP contribution < -0.4 is 0 Å². The minimum Gasteiger partial charge on any atom is -0.373 e. The predicted octanol–water partition coefficient (Wildman–Crippen LogP) is 4.65. The van der Waals surface area contributed by atoms with Crippen LogP contribution in [0.15, 0.2) is 0 Å². The lowest BCUT2D eigenvalue weighted by Crippen LogP contribution is -2.59. The van der Waals surface area contributed by atoms with Crippen LogP contribution in [0, 0.1) is 0 Å². The summed E-state index contributed by atoms with van der Waals surface area (Å²) in [5.74, 6) is 0. The molecule has 0 spiro atoms. The fourth-order valence-corrected chi connectivity index (χ4v) is 7.22. The van der Waals surface area contributed by atoms with Gasteiger partial charge in [0.25, 0.3) is 0 Å². The molecule has 0 aromatic rings. The van der Waals surface area contributed by atoms with Gasteiger partial charge < -0.3 is 18.2 Å². The second-order valence-electron chi connectivity index (χ2n) is 9.06. The van der Waals surface area contributed by atoms with Crippen LogP contribution in [0.1, 0.15) is 86.0 Å². The minimum absolute atomic E-state index is 0.651. The third-order valence-electron chi connectivity index (χ3n) is 6.36. The number of rotatable bonds is 21. The summed E-state index contributed by atoms with van der Waals surface area (Å²) in [5, 5.41) is 0. The van der Waals surface area contributed by atoms with Crippen LogP contribution in [-0.4, -0.2) is 102 Å². The smallest absolute Gasteiger partial charge is 0.373 e. The molecule has 7 heteroatoms. The zero-order chi connectivity index (χ0) is 23.5. The number of hydrogen-bond donors (Lipinski definition) is 0. The molecule has 0 aliphatic carbocycles. The molecule has 192 valence electrons. The largest absolute Gasteiger partial charge is 0.515 e. The molecule has 0 radical (unpaired) electrons. The van der Waals surface area contributed by atoms with Crippen LogP contribution in [0.2, 0.25) is 0 Å². The van der Waals surface area contributed by atoms with Crippen molar-refractivity contribution in [1.82, 2.24) is 14.7 Å². The highest BCUT2D eigenvalue weighted by molar-refractivity contribution is 6.60. The molecule has 1 aliphatic heterocycles. The van der Waals surface area contributed by atoms with Gasteiger partial charge in [-0.25, -0.2) is 0 Å². The summed E-state index contributed by atoms with van der Waals surface area (Å²) in [7, 11) is -2.59. The highest BCUT2D eigenvalue weighted by Gasteiger charge is 2.42. The highest BCUT2D eigenvalue weighted by atomic mass is 28.4. The summed E-state index contributed by atoms with van der Waals surface area (Å²) in [6.07, 6.45) is 11.7. The van der Waals surface area contributed by atoms with E-state index in [1.165, 1.54) is 77.5 Å². The molecule has 0 saturated carbocycles. The molecule has 1 saturated heterocycles. The standard InChI is InChI=1S/C25H55N3O3Si/c1-6-11-13-15-17-26(18-16-14-12-7-2)19-20-27-21-23-28(24-22-27)25-32(29-8-3,30-9-4)31-10-5/h6-25H2,1-5H3. The fraction of sp³-hybridized carbons (Fsp3) is 1.00. The van der Waals surface area contributed by atoms with Crippen LogP contribution in [0.4, 0.5) is 0 Å². The Morgan fingerprint density at radius 3 is 1.50 bits per heavy atom. The van der Waals surface area contributed by atoms with E-state index in [-0.39, 0.29) is 0 Å². The van der Waals surface area contributed by atoms with Gasteiger partial charge in [0, 0.05) is 59.1 Å². The lowest BCUT2D eigenvalue weighted by atomic mass is 10.1. The van der Waals surface area contributed by atoms with E-state index in [2.05, 4.69) is 28.5 Å². The van der Waals surface area contributed by atoms with Crippen molar-refractivity contribution >= 4 is 8.80 Å². The quantitative estimate of drug-likeness (QED) is 0.178. The summed E-state index contributed by atoms with van der Waals surface area (Å²) < 4.78 is 18.2. The van der Waals surface area contributed by atoms with Gasteiger partial charge in [-0.05, 0) is 46.7 Å². The fourth-order valence-electron chi connectivity index (χ4n) is 4.51. The average molecular weight is 474 g/mol. The third-order valence-corrected chi connectivity index (χ3v) is 9.38. The molecule has 0 aromatic heterocycles. The van der Waals surface area contributed by atoms with Crippen molar-refractivity contribution in [3.63, 3.8) is 0 Å². The molecular weight excluding hydrogens is 418 g/mol. The SMILES string of the molecule is CCCCCCN(CCCCCC)CCN1CCN(C[Si](OCC)(OCC)OCC)CC1. The van der Waals surface area contributed by atoms with E-state index in [0.29, 0.717) is 19.8 Å². The Morgan fingerprint density at radius 1 is 0.594 bits per heavy atom. The van der Waals surface area contributed by atoms with E-state index in [1.807, 2.05) is 20.8 Å². The monoisotopic (exact) mass is 473 g/mol. The number of unbranched alkanes of at least 4 members (excludes halogenated alkanes) is 6. The first-order chi connectivity index (χ1) is 15.6. The maximum absolute atomic E-state index is 6.06. The lowest BCUT2D eigenvalue weighted by molar-refractivity contribution is 0.0462. The molecule has 0 aromatic carbocycles. The predicted molar refractivity (Wildman–Crippen MR) is 138 cm³/mol. The molecule has 1 rings (SSSR count). The van der Waals surface area contributed by atoms with Gasteiger partial charge >= 0.3 is 8.80 Å². The Bertz CT molecular complexity index is 394. The minimum atomic E-state index is -2.59. The highest BCUT2D eigenvalue weighted by Crippen LogP contribution is 2.14. The topological polar surface area (TPSA) is 37.4 Å². The van der Waals surface area contributed by atoms with Crippen LogP contribution in [-0.2, 0) is 13.3 Å². The zero-order valence-electron chi connectivity index (χ0n) is 22.2. The van der Waals surface area contributed by atoms with Gasteiger partial charge in [0.15, 0.2) is 0 Å². The molecule has 0 unspecified atom stereocenters. The third kappa shape index (κ3) is 13.0. The van der Waals surface area contributed by atoms with Crippen molar-refractivity contribution < 1.29 is 13.3 Å². The van der Waals surface area contributed by atoms with Crippen molar-refractivity contribution in [2.45, 2.75) is 86.0 Å². The molecule has 0 N–H and O–H groups in total. The maximum atomic E-state index is 6.06. The second-order valence-corrected chi connectivity index (χ2v) is 11.6. The molecule has 0 bridgehead atoms. The Kier molecular flexibility index (Phi) is 18.1. The van der Waals surface area contributed by atoms with Gasteiger partial charge in [0.2, 0.25) is 0 Å². The van der Waals surface area contributed by atoms with Crippen LogP contribution >= 0.6 is 0 Å². The summed E-state index contributed by atoms with van der Waals surface area (Å²) in [4.78, 5) is 7.87. The molecule has 1 heterocycles. The number of hydrogen-bond acceptors (Lipinski definition) is 6. The first kappa shape index (κ1) is 30.0. The summed E-state index contributed by atoms with van der Waals surface area (Å²) in [6.45, 7) is 22.0. The van der Waals surface area contributed by atoms with Crippen molar-refractivity contribution in [1.29, 1.82) is 0 Å². The molecule has 32 heavy (non-hydrogen) atoms. The molecule has 1 aliphatic rings. The molecule has 6 nitrogen and oxygen atoms in total. The second kappa shape index (κ2) is 19.3. The van der Waals surface area contributed by atoms with Gasteiger partial charge in [0.1, 0.15) is 0 Å². The van der Waals surface area contributed by atoms with E-state index in [9.17, 15) is 0 Å². The molecular formula is C25H55N3O3Si.